The van der Waals surface area contributed by atoms with Crippen molar-refractivity contribution in [2.75, 3.05) is 6.54 Å². The minimum absolute atomic E-state index is 0.0621. The highest BCUT2D eigenvalue weighted by molar-refractivity contribution is 5.89. The maximum atomic E-state index is 11.9. The molecule has 1 saturated carbocycles. The van der Waals surface area contributed by atoms with E-state index >= 15 is 0 Å². The minimum Gasteiger partial charge on any atom is -0.368 e. The van der Waals surface area contributed by atoms with Crippen LogP contribution in [0.2, 0.25) is 0 Å². The first kappa shape index (κ1) is 20.5. The number of primary amides is 1. The fourth-order valence-electron chi connectivity index (χ4n) is 3.01. The van der Waals surface area contributed by atoms with Crippen molar-refractivity contribution in [3.8, 4) is 0 Å². The molecular formula is C18H33N3O3. The summed E-state index contributed by atoms with van der Waals surface area (Å²) in [5, 5.41) is 5.26. The molecule has 0 bridgehead atoms. The number of hydrogen-bond acceptors (Lipinski definition) is 3. The molecule has 3 amide bonds. The van der Waals surface area contributed by atoms with Gasteiger partial charge < -0.3 is 16.4 Å². The van der Waals surface area contributed by atoms with Crippen LogP contribution in [0.4, 0.5) is 0 Å². The third-order valence-electron chi connectivity index (χ3n) is 4.51. The summed E-state index contributed by atoms with van der Waals surface area (Å²) in [6.07, 6.45) is 7.57. The maximum absolute atomic E-state index is 11.9. The molecular weight excluding hydrogens is 306 g/mol. The van der Waals surface area contributed by atoms with Gasteiger partial charge in [-0.15, -0.1) is 0 Å². The smallest absolute Gasteiger partial charge is 0.240 e. The summed E-state index contributed by atoms with van der Waals surface area (Å²) in [5.41, 5.74) is 5.42. The van der Waals surface area contributed by atoms with Gasteiger partial charge in [-0.2, -0.15) is 0 Å². The molecule has 138 valence electrons. The van der Waals surface area contributed by atoms with E-state index in [0.717, 1.165) is 19.3 Å². The molecule has 1 unspecified atom stereocenters. The van der Waals surface area contributed by atoms with E-state index in [-0.39, 0.29) is 23.8 Å². The zero-order chi connectivity index (χ0) is 18.2. The van der Waals surface area contributed by atoms with Crippen LogP contribution in [0.5, 0.6) is 0 Å². The highest BCUT2D eigenvalue weighted by Crippen LogP contribution is 2.26. The molecule has 1 aliphatic carbocycles. The van der Waals surface area contributed by atoms with E-state index < -0.39 is 11.9 Å². The predicted octanol–water partition coefficient (Wildman–Crippen LogP) is 1.87. The molecule has 4 N–H and O–H groups in total. The Kier molecular flexibility index (Phi) is 8.22. The first-order valence-corrected chi connectivity index (χ1v) is 9.03. The fourth-order valence-corrected chi connectivity index (χ4v) is 3.01. The quantitative estimate of drug-likeness (QED) is 0.629. The Bertz CT molecular complexity index is 437. The Morgan fingerprint density at radius 2 is 1.71 bits per heavy atom. The second kappa shape index (κ2) is 9.64. The predicted molar refractivity (Wildman–Crippen MR) is 94.0 cm³/mol. The van der Waals surface area contributed by atoms with E-state index in [1.54, 1.807) is 0 Å². The average molecular weight is 339 g/mol. The van der Waals surface area contributed by atoms with Crippen molar-refractivity contribution in [3.05, 3.63) is 0 Å². The molecule has 0 aromatic heterocycles. The van der Waals surface area contributed by atoms with Crippen molar-refractivity contribution in [2.45, 2.75) is 78.2 Å². The van der Waals surface area contributed by atoms with Gasteiger partial charge in [-0.05, 0) is 37.0 Å². The van der Waals surface area contributed by atoms with Gasteiger partial charge in [0, 0.05) is 6.42 Å². The zero-order valence-electron chi connectivity index (χ0n) is 15.3. The molecule has 6 heteroatoms. The largest absolute Gasteiger partial charge is 0.368 e. The summed E-state index contributed by atoms with van der Waals surface area (Å²) in [7, 11) is 0. The van der Waals surface area contributed by atoms with Gasteiger partial charge in [-0.3, -0.25) is 14.4 Å². The molecule has 0 saturated heterocycles. The van der Waals surface area contributed by atoms with Gasteiger partial charge in [0.05, 0.1) is 6.54 Å². The summed E-state index contributed by atoms with van der Waals surface area (Å²) in [6, 6.07) is -0.688. The first-order valence-electron chi connectivity index (χ1n) is 9.03. The molecule has 24 heavy (non-hydrogen) atoms. The Morgan fingerprint density at radius 1 is 1.08 bits per heavy atom. The second-order valence-corrected chi connectivity index (χ2v) is 8.11. The first-order chi connectivity index (χ1) is 11.2. The number of amides is 3. The normalized spacial score (nSPS) is 17.1. The number of rotatable bonds is 8. The highest BCUT2D eigenvalue weighted by Gasteiger charge is 2.22. The van der Waals surface area contributed by atoms with Gasteiger partial charge in [0.2, 0.25) is 17.7 Å². The molecule has 0 radical (unpaired) electrons. The van der Waals surface area contributed by atoms with E-state index in [2.05, 4.69) is 31.4 Å². The van der Waals surface area contributed by atoms with Gasteiger partial charge >= 0.3 is 0 Å². The van der Waals surface area contributed by atoms with E-state index in [1.165, 1.54) is 19.3 Å². The summed E-state index contributed by atoms with van der Waals surface area (Å²) in [6.45, 7) is 6.10. The SMILES string of the molecule is CC(C)(C)CCC(NC(=O)CNC(=O)CC1CCCCC1)C(N)=O. The van der Waals surface area contributed by atoms with Crippen LogP contribution in [0.15, 0.2) is 0 Å². The average Bonchev–Trinajstić information content (AvgIpc) is 2.49. The van der Waals surface area contributed by atoms with Crippen LogP contribution in [0.3, 0.4) is 0 Å². The van der Waals surface area contributed by atoms with E-state index in [9.17, 15) is 14.4 Å². The molecule has 1 atom stereocenters. The highest BCUT2D eigenvalue weighted by atomic mass is 16.2. The van der Waals surface area contributed by atoms with Crippen molar-refractivity contribution >= 4 is 17.7 Å². The second-order valence-electron chi connectivity index (χ2n) is 8.11. The molecule has 0 heterocycles. The minimum atomic E-state index is -0.688. The van der Waals surface area contributed by atoms with Crippen molar-refractivity contribution in [3.63, 3.8) is 0 Å². The van der Waals surface area contributed by atoms with E-state index in [4.69, 9.17) is 5.73 Å². The molecule has 6 nitrogen and oxygen atoms in total. The molecule has 0 aromatic carbocycles. The topological polar surface area (TPSA) is 101 Å². The summed E-state index contributed by atoms with van der Waals surface area (Å²) in [5.74, 6) is -0.569. The van der Waals surface area contributed by atoms with Crippen molar-refractivity contribution in [2.24, 2.45) is 17.1 Å². The Morgan fingerprint density at radius 3 is 2.25 bits per heavy atom. The van der Waals surface area contributed by atoms with Crippen LogP contribution in [-0.2, 0) is 14.4 Å². The molecule has 0 aromatic rings. The van der Waals surface area contributed by atoms with Gasteiger partial charge in [-0.1, -0.05) is 40.0 Å². The monoisotopic (exact) mass is 339 g/mol. The third-order valence-corrected chi connectivity index (χ3v) is 4.51. The van der Waals surface area contributed by atoms with E-state index in [1.807, 2.05) is 0 Å². The molecule has 1 fully saturated rings. The Balaban J connectivity index is 2.31. The lowest BCUT2D eigenvalue weighted by molar-refractivity contribution is -0.129. The van der Waals surface area contributed by atoms with Crippen LogP contribution in [0.1, 0.15) is 72.1 Å². The van der Waals surface area contributed by atoms with Crippen molar-refractivity contribution < 1.29 is 14.4 Å². The number of nitrogens with one attached hydrogen (secondary N) is 2. The van der Waals surface area contributed by atoms with Gasteiger partial charge in [-0.25, -0.2) is 0 Å². The van der Waals surface area contributed by atoms with Gasteiger partial charge in [0.1, 0.15) is 6.04 Å². The number of nitrogens with two attached hydrogens (primary N) is 1. The summed E-state index contributed by atoms with van der Waals surface area (Å²) >= 11 is 0. The summed E-state index contributed by atoms with van der Waals surface area (Å²) < 4.78 is 0. The van der Waals surface area contributed by atoms with Gasteiger partial charge in [0.15, 0.2) is 0 Å². The van der Waals surface area contributed by atoms with Crippen molar-refractivity contribution in [1.29, 1.82) is 0 Å². The Labute approximate surface area is 145 Å². The number of carbonyl (C=O) groups is 3. The fraction of sp³-hybridized carbons (Fsp3) is 0.833. The molecule has 1 aliphatic rings. The lowest BCUT2D eigenvalue weighted by Gasteiger charge is -2.22. The van der Waals surface area contributed by atoms with Crippen LogP contribution >= 0.6 is 0 Å². The van der Waals surface area contributed by atoms with Gasteiger partial charge in [0.25, 0.3) is 0 Å². The van der Waals surface area contributed by atoms with Crippen LogP contribution < -0.4 is 16.4 Å². The lowest BCUT2D eigenvalue weighted by Crippen LogP contribution is -2.48. The van der Waals surface area contributed by atoms with Crippen LogP contribution in [0.25, 0.3) is 0 Å². The van der Waals surface area contributed by atoms with Crippen molar-refractivity contribution in [1.82, 2.24) is 10.6 Å². The van der Waals surface area contributed by atoms with E-state index in [0.29, 0.717) is 18.8 Å². The Hall–Kier alpha value is -1.59. The number of carbonyl (C=O) groups excluding carboxylic acids is 3. The lowest BCUT2D eigenvalue weighted by atomic mass is 9.87. The molecule has 1 rings (SSSR count). The zero-order valence-corrected chi connectivity index (χ0v) is 15.3. The number of hydrogen-bond donors (Lipinski definition) is 3. The third kappa shape index (κ3) is 8.89. The molecule has 0 aliphatic heterocycles. The summed E-state index contributed by atoms with van der Waals surface area (Å²) in [4.78, 5) is 35.3. The standard InChI is InChI=1S/C18H33N3O3/c1-18(2,3)10-9-14(17(19)24)21-16(23)12-20-15(22)11-13-7-5-4-6-8-13/h13-14H,4-12H2,1-3H3,(H2,19,24)(H,20,22)(H,21,23). The maximum Gasteiger partial charge on any atom is 0.240 e. The van der Waals surface area contributed by atoms with Crippen LogP contribution in [0, 0.1) is 11.3 Å². The molecule has 0 spiro atoms. The van der Waals surface area contributed by atoms with Crippen LogP contribution in [-0.4, -0.2) is 30.3 Å².